The molecule has 0 radical (unpaired) electrons. The molecule has 0 amide bonds. The number of carbonyl (C=O) groups excluding carboxylic acids is 1. The Labute approximate surface area is 126 Å². The Kier molecular flexibility index (Phi) is 7.02. The minimum absolute atomic E-state index is 0.240. The topological polar surface area (TPSA) is 56.8 Å². The van der Waals surface area contributed by atoms with Crippen LogP contribution < -0.4 is 14.8 Å². The molecule has 1 N–H and O–H groups in total. The van der Waals surface area contributed by atoms with E-state index in [1.165, 1.54) is 7.11 Å². The first-order valence-corrected chi connectivity index (χ1v) is 7.03. The number of carbonyl (C=O) groups is 1. The lowest BCUT2D eigenvalue weighted by molar-refractivity contribution is -0.143. The van der Waals surface area contributed by atoms with Gasteiger partial charge in [0.1, 0.15) is 17.5 Å². The van der Waals surface area contributed by atoms with Crippen LogP contribution >= 0.6 is 0 Å². The molecule has 5 nitrogen and oxygen atoms in total. The van der Waals surface area contributed by atoms with Crippen LogP contribution in [-0.4, -0.2) is 33.3 Å². The Morgan fingerprint density at radius 1 is 1.19 bits per heavy atom. The molecule has 118 valence electrons. The van der Waals surface area contributed by atoms with Gasteiger partial charge in [-0.3, -0.25) is 4.79 Å². The predicted molar refractivity (Wildman–Crippen MR) is 81.6 cm³/mol. The molecule has 0 saturated heterocycles. The molecule has 1 atom stereocenters. The summed E-state index contributed by atoms with van der Waals surface area (Å²) in [5, 5.41) is 3.23. The minimum atomic E-state index is -0.318. The Hall–Kier alpha value is -1.75. The fraction of sp³-hybridized carbons (Fsp3) is 0.562. The van der Waals surface area contributed by atoms with Crippen molar-refractivity contribution in [1.29, 1.82) is 0 Å². The first kappa shape index (κ1) is 17.3. The third kappa shape index (κ3) is 5.27. The Morgan fingerprint density at radius 2 is 1.90 bits per heavy atom. The number of esters is 1. The number of rotatable bonds is 8. The molecule has 0 aliphatic carbocycles. The number of hydrogen-bond acceptors (Lipinski definition) is 5. The van der Waals surface area contributed by atoms with Gasteiger partial charge in [0.05, 0.1) is 21.3 Å². The lowest BCUT2D eigenvalue weighted by atomic mass is 10.0. The molecule has 1 unspecified atom stereocenters. The molecule has 0 aliphatic heterocycles. The van der Waals surface area contributed by atoms with E-state index in [9.17, 15) is 4.79 Å². The average molecular weight is 295 g/mol. The fourth-order valence-corrected chi connectivity index (χ4v) is 2.11. The van der Waals surface area contributed by atoms with Gasteiger partial charge in [-0.05, 0) is 18.4 Å². The van der Waals surface area contributed by atoms with E-state index >= 15 is 0 Å². The zero-order chi connectivity index (χ0) is 15.8. The van der Waals surface area contributed by atoms with Crippen LogP contribution in [0.5, 0.6) is 11.5 Å². The zero-order valence-electron chi connectivity index (χ0n) is 13.4. The second-order valence-corrected chi connectivity index (χ2v) is 5.26. The molecule has 0 aromatic heterocycles. The lowest BCUT2D eigenvalue weighted by Gasteiger charge is -2.19. The van der Waals surface area contributed by atoms with Crippen molar-refractivity contribution >= 4 is 5.97 Å². The van der Waals surface area contributed by atoms with Crippen LogP contribution in [0.3, 0.4) is 0 Å². The maximum Gasteiger partial charge on any atom is 0.322 e. The number of methoxy groups -OCH3 is 3. The quantitative estimate of drug-likeness (QED) is 0.746. The first-order valence-electron chi connectivity index (χ1n) is 7.03. The molecule has 0 spiro atoms. The van der Waals surface area contributed by atoms with Crippen molar-refractivity contribution in [2.45, 2.75) is 32.9 Å². The van der Waals surface area contributed by atoms with E-state index in [1.54, 1.807) is 14.2 Å². The Morgan fingerprint density at radius 3 is 2.43 bits per heavy atom. The van der Waals surface area contributed by atoms with E-state index in [1.807, 2.05) is 18.2 Å². The maximum absolute atomic E-state index is 11.8. The summed E-state index contributed by atoms with van der Waals surface area (Å²) in [5.41, 5.74) is 0.968. The normalized spacial score (nSPS) is 12.1. The summed E-state index contributed by atoms with van der Waals surface area (Å²) < 4.78 is 15.4. The van der Waals surface area contributed by atoms with Crippen LogP contribution in [0.2, 0.25) is 0 Å². The molecule has 1 aromatic rings. The van der Waals surface area contributed by atoms with Crippen LogP contribution in [0, 0.1) is 5.92 Å². The highest BCUT2D eigenvalue weighted by atomic mass is 16.5. The molecule has 5 heteroatoms. The largest absolute Gasteiger partial charge is 0.497 e. The van der Waals surface area contributed by atoms with Crippen LogP contribution in [0.1, 0.15) is 25.8 Å². The van der Waals surface area contributed by atoms with E-state index < -0.39 is 0 Å². The molecule has 0 aliphatic rings. The van der Waals surface area contributed by atoms with Gasteiger partial charge in [-0.2, -0.15) is 0 Å². The van der Waals surface area contributed by atoms with Gasteiger partial charge < -0.3 is 19.5 Å². The molecule has 0 heterocycles. The highest BCUT2D eigenvalue weighted by Gasteiger charge is 2.20. The smallest absolute Gasteiger partial charge is 0.322 e. The fourth-order valence-electron chi connectivity index (χ4n) is 2.11. The summed E-state index contributed by atoms with van der Waals surface area (Å²) in [7, 11) is 4.64. The van der Waals surface area contributed by atoms with E-state index in [0.717, 1.165) is 23.5 Å². The van der Waals surface area contributed by atoms with Gasteiger partial charge in [0.2, 0.25) is 0 Å². The third-order valence-corrected chi connectivity index (χ3v) is 3.23. The van der Waals surface area contributed by atoms with E-state index in [0.29, 0.717) is 12.5 Å². The highest BCUT2D eigenvalue weighted by molar-refractivity contribution is 5.75. The van der Waals surface area contributed by atoms with Crippen molar-refractivity contribution in [3.05, 3.63) is 23.8 Å². The maximum atomic E-state index is 11.8. The number of hydrogen-bond donors (Lipinski definition) is 1. The van der Waals surface area contributed by atoms with E-state index in [2.05, 4.69) is 19.2 Å². The SMILES string of the molecule is COC(=O)C(CC(C)C)NCc1ccc(OC)cc1OC. The van der Waals surface area contributed by atoms with Crippen LogP contribution in [0.15, 0.2) is 18.2 Å². The second kappa shape index (κ2) is 8.52. The number of benzene rings is 1. The molecule has 0 bridgehead atoms. The van der Waals surface area contributed by atoms with Crippen LogP contribution in [0.25, 0.3) is 0 Å². The second-order valence-electron chi connectivity index (χ2n) is 5.26. The minimum Gasteiger partial charge on any atom is -0.497 e. The van der Waals surface area contributed by atoms with Crippen LogP contribution in [0.4, 0.5) is 0 Å². The third-order valence-electron chi connectivity index (χ3n) is 3.23. The molecular formula is C16H25NO4. The monoisotopic (exact) mass is 295 g/mol. The van der Waals surface area contributed by atoms with Gasteiger partial charge in [0.15, 0.2) is 0 Å². The molecular weight excluding hydrogens is 270 g/mol. The Balaban J connectivity index is 2.77. The Bertz CT molecular complexity index is 460. The number of ether oxygens (including phenoxy) is 3. The average Bonchev–Trinajstić information content (AvgIpc) is 2.49. The van der Waals surface area contributed by atoms with Gasteiger partial charge in [0.25, 0.3) is 0 Å². The van der Waals surface area contributed by atoms with Gasteiger partial charge in [-0.15, -0.1) is 0 Å². The summed E-state index contributed by atoms with van der Waals surface area (Å²) in [6.07, 6.45) is 0.727. The predicted octanol–water partition coefficient (Wildman–Crippen LogP) is 2.38. The summed E-state index contributed by atoms with van der Waals surface area (Å²) in [5.74, 6) is 1.63. The van der Waals surface area contributed by atoms with Gasteiger partial charge in [-0.25, -0.2) is 0 Å². The summed E-state index contributed by atoms with van der Waals surface area (Å²) >= 11 is 0. The summed E-state index contributed by atoms with van der Waals surface area (Å²) in [6, 6.07) is 5.30. The summed E-state index contributed by atoms with van der Waals surface area (Å²) in [6.45, 7) is 4.68. The van der Waals surface area contributed by atoms with Crippen molar-refractivity contribution in [2.24, 2.45) is 5.92 Å². The van der Waals surface area contributed by atoms with Crippen molar-refractivity contribution in [3.63, 3.8) is 0 Å². The van der Waals surface area contributed by atoms with Crippen molar-refractivity contribution in [3.8, 4) is 11.5 Å². The van der Waals surface area contributed by atoms with Gasteiger partial charge >= 0.3 is 5.97 Å². The summed E-state index contributed by atoms with van der Waals surface area (Å²) in [4.78, 5) is 11.8. The standard InChI is InChI=1S/C16H25NO4/c1-11(2)8-14(16(18)21-5)17-10-12-6-7-13(19-3)9-15(12)20-4/h6-7,9,11,14,17H,8,10H2,1-5H3. The van der Waals surface area contributed by atoms with E-state index in [4.69, 9.17) is 14.2 Å². The molecule has 1 rings (SSSR count). The van der Waals surface area contributed by atoms with Crippen LogP contribution in [-0.2, 0) is 16.1 Å². The van der Waals surface area contributed by atoms with Crippen molar-refractivity contribution < 1.29 is 19.0 Å². The first-order chi connectivity index (χ1) is 10.0. The molecule has 0 saturated carbocycles. The van der Waals surface area contributed by atoms with Crippen molar-refractivity contribution in [2.75, 3.05) is 21.3 Å². The highest BCUT2D eigenvalue weighted by Crippen LogP contribution is 2.24. The lowest BCUT2D eigenvalue weighted by Crippen LogP contribution is -2.38. The molecule has 21 heavy (non-hydrogen) atoms. The van der Waals surface area contributed by atoms with Gasteiger partial charge in [-0.1, -0.05) is 19.9 Å². The van der Waals surface area contributed by atoms with E-state index in [-0.39, 0.29) is 12.0 Å². The van der Waals surface area contributed by atoms with Gasteiger partial charge in [0, 0.05) is 18.2 Å². The zero-order valence-corrected chi connectivity index (χ0v) is 13.4. The molecule has 1 aromatic carbocycles. The number of nitrogens with one attached hydrogen (secondary N) is 1. The molecule has 0 fully saturated rings. The van der Waals surface area contributed by atoms with Crippen molar-refractivity contribution in [1.82, 2.24) is 5.32 Å².